The van der Waals surface area contributed by atoms with Crippen molar-refractivity contribution in [1.29, 1.82) is 0 Å². The molecule has 2 aliphatic rings. The molecule has 1 atom stereocenters. The number of primary amides is 1. The molecule has 0 radical (unpaired) electrons. The van der Waals surface area contributed by atoms with E-state index in [1.807, 2.05) is 0 Å². The molecule has 1 aromatic rings. The SMILES string of the molecule is CC1CCc2c(sc(NC(=O)NC3CC3)c2C(N)=O)C1. The molecule has 0 aliphatic heterocycles. The van der Waals surface area contributed by atoms with E-state index in [9.17, 15) is 9.59 Å². The van der Waals surface area contributed by atoms with Gasteiger partial charge in [-0.15, -0.1) is 11.3 Å². The van der Waals surface area contributed by atoms with Gasteiger partial charge < -0.3 is 11.1 Å². The minimum atomic E-state index is -0.446. The first-order chi connectivity index (χ1) is 9.54. The van der Waals surface area contributed by atoms with E-state index >= 15 is 0 Å². The predicted molar refractivity (Wildman–Crippen MR) is 79.2 cm³/mol. The van der Waals surface area contributed by atoms with Crippen LogP contribution in [0, 0.1) is 5.92 Å². The number of nitrogens with one attached hydrogen (secondary N) is 2. The van der Waals surface area contributed by atoms with E-state index in [-0.39, 0.29) is 6.03 Å². The van der Waals surface area contributed by atoms with Gasteiger partial charge in [0, 0.05) is 10.9 Å². The van der Waals surface area contributed by atoms with Gasteiger partial charge in [-0.25, -0.2) is 4.79 Å². The summed E-state index contributed by atoms with van der Waals surface area (Å²) in [5.41, 5.74) is 7.06. The van der Waals surface area contributed by atoms with E-state index in [4.69, 9.17) is 5.73 Å². The van der Waals surface area contributed by atoms with E-state index in [1.54, 1.807) is 0 Å². The molecule has 4 N–H and O–H groups in total. The molecule has 108 valence electrons. The third-order valence-electron chi connectivity index (χ3n) is 3.90. The van der Waals surface area contributed by atoms with E-state index in [0.717, 1.165) is 37.7 Å². The Morgan fingerprint density at radius 3 is 2.70 bits per heavy atom. The monoisotopic (exact) mass is 293 g/mol. The van der Waals surface area contributed by atoms with Crippen LogP contribution in [0.15, 0.2) is 0 Å². The molecule has 20 heavy (non-hydrogen) atoms. The molecule has 1 saturated carbocycles. The van der Waals surface area contributed by atoms with Crippen molar-refractivity contribution >= 4 is 28.3 Å². The Kier molecular flexibility index (Phi) is 3.41. The van der Waals surface area contributed by atoms with Crippen molar-refractivity contribution in [3.05, 3.63) is 16.0 Å². The second-order valence-corrected chi connectivity index (χ2v) is 6.90. The molecule has 2 aliphatic carbocycles. The Hall–Kier alpha value is -1.56. The largest absolute Gasteiger partial charge is 0.365 e. The van der Waals surface area contributed by atoms with Gasteiger partial charge in [-0.05, 0) is 43.6 Å². The Morgan fingerprint density at radius 1 is 1.30 bits per heavy atom. The Morgan fingerprint density at radius 2 is 2.05 bits per heavy atom. The number of carbonyl (C=O) groups excluding carboxylic acids is 2. The van der Waals surface area contributed by atoms with Gasteiger partial charge in [0.2, 0.25) is 0 Å². The molecule has 3 rings (SSSR count). The number of hydrogen-bond donors (Lipinski definition) is 3. The van der Waals surface area contributed by atoms with Gasteiger partial charge in [0.1, 0.15) is 5.00 Å². The van der Waals surface area contributed by atoms with Crippen LogP contribution in [0.2, 0.25) is 0 Å². The van der Waals surface area contributed by atoms with Crippen molar-refractivity contribution < 1.29 is 9.59 Å². The first kappa shape index (κ1) is 13.4. The lowest BCUT2D eigenvalue weighted by Gasteiger charge is -2.18. The van der Waals surface area contributed by atoms with Crippen LogP contribution in [0.3, 0.4) is 0 Å². The zero-order valence-corrected chi connectivity index (χ0v) is 12.3. The second-order valence-electron chi connectivity index (χ2n) is 5.79. The molecule has 1 aromatic heterocycles. The number of anilines is 1. The Labute approximate surface area is 121 Å². The average Bonchev–Trinajstić information content (AvgIpc) is 3.08. The Bertz CT molecular complexity index is 563. The minimum Gasteiger partial charge on any atom is -0.365 e. The summed E-state index contributed by atoms with van der Waals surface area (Å²) in [7, 11) is 0. The maximum absolute atomic E-state index is 11.8. The van der Waals surface area contributed by atoms with Crippen LogP contribution in [-0.4, -0.2) is 18.0 Å². The summed E-state index contributed by atoms with van der Waals surface area (Å²) in [6.07, 6.45) is 4.98. The number of rotatable bonds is 3. The zero-order chi connectivity index (χ0) is 14.3. The van der Waals surface area contributed by atoms with Crippen molar-refractivity contribution in [3.63, 3.8) is 0 Å². The van der Waals surface area contributed by atoms with Crippen molar-refractivity contribution in [2.45, 2.75) is 45.1 Å². The van der Waals surface area contributed by atoms with Gasteiger partial charge in [-0.1, -0.05) is 6.92 Å². The van der Waals surface area contributed by atoms with Crippen LogP contribution in [0.4, 0.5) is 9.80 Å². The Balaban J connectivity index is 1.85. The molecule has 0 aromatic carbocycles. The standard InChI is InChI=1S/C14H19N3O2S/c1-7-2-5-9-10(6-7)20-13(11(9)12(15)18)17-14(19)16-8-3-4-8/h7-8H,2-6H2,1H3,(H2,15,18)(H2,16,17,19). The minimum absolute atomic E-state index is 0.235. The third-order valence-corrected chi connectivity index (χ3v) is 5.07. The molecule has 5 nitrogen and oxygen atoms in total. The van der Waals surface area contributed by atoms with Crippen LogP contribution in [0.1, 0.15) is 47.0 Å². The normalized spacial score (nSPS) is 21.1. The summed E-state index contributed by atoms with van der Waals surface area (Å²) in [6, 6.07) is 0.0586. The number of carbonyl (C=O) groups is 2. The highest BCUT2D eigenvalue weighted by Crippen LogP contribution is 2.39. The topological polar surface area (TPSA) is 84.2 Å². The molecule has 0 spiro atoms. The van der Waals surface area contributed by atoms with Crippen molar-refractivity contribution in [3.8, 4) is 0 Å². The van der Waals surface area contributed by atoms with Crippen molar-refractivity contribution in [2.24, 2.45) is 11.7 Å². The molecule has 6 heteroatoms. The maximum atomic E-state index is 11.8. The van der Waals surface area contributed by atoms with Crippen LogP contribution in [0.25, 0.3) is 0 Å². The lowest BCUT2D eigenvalue weighted by Crippen LogP contribution is -2.31. The number of thiophene rings is 1. The summed E-state index contributed by atoms with van der Waals surface area (Å²) in [5.74, 6) is 0.175. The first-order valence-electron chi connectivity index (χ1n) is 7.06. The van der Waals surface area contributed by atoms with Gasteiger partial charge in [-0.3, -0.25) is 10.1 Å². The summed E-state index contributed by atoms with van der Waals surface area (Å²) in [6.45, 7) is 2.21. The highest BCUT2D eigenvalue weighted by atomic mass is 32.1. The lowest BCUT2D eigenvalue weighted by molar-refractivity contribution is 0.100. The molecule has 1 unspecified atom stereocenters. The van der Waals surface area contributed by atoms with E-state index < -0.39 is 5.91 Å². The summed E-state index contributed by atoms with van der Waals surface area (Å²) in [4.78, 5) is 24.8. The van der Waals surface area contributed by atoms with Gasteiger partial charge in [0.05, 0.1) is 5.56 Å². The highest BCUT2D eigenvalue weighted by molar-refractivity contribution is 7.17. The fourth-order valence-electron chi connectivity index (χ4n) is 2.65. The number of hydrogen-bond acceptors (Lipinski definition) is 3. The average molecular weight is 293 g/mol. The van der Waals surface area contributed by atoms with Crippen LogP contribution >= 0.6 is 11.3 Å². The quantitative estimate of drug-likeness (QED) is 0.798. The molecule has 0 saturated heterocycles. The van der Waals surface area contributed by atoms with E-state index in [1.165, 1.54) is 16.2 Å². The third kappa shape index (κ3) is 2.65. The second kappa shape index (κ2) is 5.09. The molecule has 1 heterocycles. The van der Waals surface area contributed by atoms with Crippen LogP contribution in [-0.2, 0) is 12.8 Å². The number of amides is 3. The molecule has 1 fully saturated rings. The maximum Gasteiger partial charge on any atom is 0.320 e. The lowest BCUT2D eigenvalue weighted by atomic mass is 9.88. The van der Waals surface area contributed by atoms with Crippen molar-refractivity contribution in [1.82, 2.24) is 5.32 Å². The van der Waals surface area contributed by atoms with Gasteiger partial charge in [-0.2, -0.15) is 0 Å². The van der Waals surface area contributed by atoms with Gasteiger partial charge >= 0.3 is 6.03 Å². The summed E-state index contributed by atoms with van der Waals surface area (Å²) in [5, 5.41) is 6.27. The number of urea groups is 1. The highest BCUT2D eigenvalue weighted by Gasteiger charge is 2.28. The molecular weight excluding hydrogens is 274 g/mol. The van der Waals surface area contributed by atoms with Crippen molar-refractivity contribution in [2.75, 3.05) is 5.32 Å². The molecular formula is C14H19N3O2S. The van der Waals surface area contributed by atoms with Gasteiger partial charge in [0.25, 0.3) is 5.91 Å². The van der Waals surface area contributed by atoms with Crippen LogP contribution in [0.5, 0.6) is 0 Å². The fraction of sp³-hybridized carbons (Fsp3) is 0.571. The predicted octanol–water partition coefficient (Wildman–Crippen LogP) is 2.26. The molecule has 0 bridgehead atoms. The first-order valence-corrected chi connectivity index (χ1v) is 7.88. The van der Waals surface area contributed by atoms with E-state index in [2.05, 4.69) is 17.6 Å². The summed E-state index contributed by atoms with van der Waals surface area (Å²) < 4.78 is 0. The fourth-order valence-corrected chi connectivity index (χ4v) is 4.06. The number of nitrogens with two attached hydrogens (primary N) is 1. The van der Waals surface area contributed by atoms with E-state index in [0.29, 0.717) is 22.5 Å². The summed E-state index contributed by atoms with van der Waals surface area (Å²) >= 11 is 1.50. The molecule has 3 amide bonds. The zero-order valence-electron chi connectivity index (χ0n) is 11.5. The smallest absolute Gasteiger partial charge is 0.320 e. The number of fused-ring (bicyclic) bond motifs is 1. The van der Waals surface area contributed by atoms with Gasteiger partial charge in [0.15, 0.2) is 0 Å². The van der Waals surface area contributed by atoms with Crippen LogP contribution < -0.4 is 16.4 Å².